The maximum absolute atomic E-state index is 4.17. The van der Waals surface area contributed by atoms with Gasteiger partial charge in [-0.25, -0.2) is 4.68 Å². The van der Waals surface area contributed by atoms with Crippen LogP contribution in [0.5, 0.6) is 0 Å². The normalized spacial score (nSPS) is 14.8. The lowest BCUT2D eigenvalue weighted by atomic mass is 9.80. The molecule has 3 heteroatoms. The zero-order valence-electron chi connectivity index (χ0n) is 10.1. The van der Waals surface area contributed by atoms with Crippen molar-refractivity contribution in [3.8, 4) is 0 Å². The van der Waals surface area contributed by atoms with Crippen molar-refractivity contribution in [2.24, 2.45) is 11.3 Å². The molecule has 14 heavy (non-hydrogen) atoms. The van der Waals surface area contributed by atoms with Crippen LogP contribution >= 0.6 is 0 Å². The average Bonchev–Trinajstić information content (AvgIpc) is 2.31. The molecular formula is C11H21N3. The highest BCUT2D eigenvalue weighted by molar-refractivity contribution is 4.91. The fourth-order valence-electron chi connectivity index (χ4n) is 2.20. The lowest BCUT2D eigenvalue weighted by Crippen LogP contribution is -2.29. The molecule has 1 aromatic rings. The summed E-state index contributed by atoms with van der Waals surface area (Å²) in [6, 6.07) is 0.406. The summed E-state index contributed by atoms with van der Waals surface area (Å²) in [5.41, 5.74) is 1.20. The summed E-state index contributed by atoms with van der Waals surface area (Å²) in [5.74, 6) is 0.566. The Morgan fingerprint density at radius 3 is 2.14 bits per heavy atom. The van der Waals surface area contributed by atoms with Crippen LogP contribution in [0.3, 0.4) is 0 Å². The van der Waals surface area contributed by atoms with Crippen LogP contribution < -0.4 is 0 Å². The predicted molar refractivity (Wildman–Crippen MR) is 58.1 cm³/mol. The van der Waals surface area contributed by atoms with E-state index in [-0.39, 0.29) is 5.41 Å². The molecule has 0 saturated heterocycles. The highest BCUT2D eigenvalue weighted by Gasteiger charge is 2.29. The Balaban J connectivity index is 3.01. The first-order valence-electron chi connectivity index (χ1n) is 5.21. The minimum absolute atomic E-state index is 0.217. The van der Waals surface area contributed by atoms with E-state index in [2.05, 4.69) is 44.9 Å². The van der Waals surface area contributed by atoms with Crippen molar-refractivity contribution < 1.29 is 0 Å². The van der Waals surface area contributed by atoms with Crippen LogP contribution in [0.2, 0.25) is 0 Å². The van der Waals surface area contributed by atoms with Crippen LogP contribution in [0.15, 0.2) is 6.20 Å². The largest absolute Gasteiger partial charge is 0.248 e. The molecular weight excluding hydrogens is 174 g/mol. The summed E-state index contributed by atoms with van der Waals surface area (Å²) in [5, 5.41) is 8.22. The van der Waals surface area contributed by atoms with Crippen LogP contribution in [0.25, 0.3) is 0 Å². The summed E-state index contributed by atoms with van der Waals surface area (Å²) in [6.07, 6.45) is 2.02. The molecule has 0 saturated carbocycles. The number of hydrogen-bond donors (Lipinski definition) is 0. The fraction of sp³-hybridized carbons (Fsp3) is 0.818. The molecule has 0 aromatic carbocycles. The molecule has 0 N–H and O–H groups in total. The molecule has 0 fully saturated rings. The van der Waals surface area contributed by atoms with Gasteiger partial charge in [-0.3, -0.25) is 0 Å². The van der Waals surface area contributed by atoms with Gasteiger partial charge in [-0.15, -0.1) is 5.10 Å². The van der Waals surface area contributed by atoms with Crippen molar-refractivity contribution in [1.82, 2.24) is 15.0 Å². The van der Waals surface area contributed by atoms with E-state index in [1.807, 2.05) is 17.8 Å². The SMILES string of the molecule is Cc1cn(C(C(C)C)C(C)(C)C)nn1. The van der Waals surface area contributed by atoms with Crippen molar-refractivity contribution in [1.29, 1.82) is 0 Å². The third-order valence-corrected chi connectivity index (χ3v) is 2.43. The van der Waals surface area contributed by atoms with Gasteiger partial charge >= 0.3 is 0 Å². The first kappa shape index (κ1) is 11.2. The molecule has 0 spiro atoms. The molecule has 1 rings (SSSR count). The van der Waals surface area contributed by atoms with E-state index in [0.717, 1.165) is 5.69 Å². The van der Waals surface area contributed by atoms with Crippen LogP contribution in [-0.4, -0.2) is 15.0 Å². The van der Waals surface area contributed by atoms with Gasteiger partial charge in [0.2, 0.25) is 0 Å². The topological polar surface area (TPSA) is 30.7 Å². The minimum atomic E-state index is 0.217. The Kier molecular flexibility index (Phi) is 2.98. The molecule has 0 aliphatic rings. The van der Waals surface area contributed by atoms with Gasteiger partial charge < -0.3 is 0 Å². The summed E-state index contributed by atoms with van der Waals surface area (Å²) >= 11 is 0. The van der Waals surface area contributed by atoms with Crippen molar-refractivity contribution in [3.05, 3.63) is 11.9 Å². The fourth-order valence-corrected chi connectivity index (χ4v) is 2.20. The number of hydrogen-bond acceptors (Lipinski definition) is 2. The molecule has 0 aliphatic heterocycles. The molecule has 1 atom stereocenters. The molecule has 0 aliphatic carbocycles. The second-order valence-electron chi connectivity index (χ2n) is 5.39. The molecule has 80 valence electrons. The van der Waals surface area contributed by atoms with Gasteiger partial charge in [0.1, 0.15) is 0 Å². The summed E-state index contributed by atoms with van der Waals surface area (Å²) < 4.78 is 2.00. The Bertz CT molecular complexity index is 294. The first-order chi connectivity index (χ1) is 6.32. The van der Waals surface area contributed by atoms with Crippen LogP contribution in [-0.2, 0) is 0 Å². The quantitative estimate of drug-likeness (QED) is 0.726. The lowest BCUT2D eigenvalue weighted by Gasteiger charge is -2.33. The standard InChI is InChI=1S/C11H21N3/c1-8(2)10(11(4,5)6)14-7-9(3)12-13-14/h7-8,10H,1-6H3. The second-order valence-corrected chi connectivity index (χ2v) is 5.39. The van der Waals surface area contributed by atoms with Gasteiger partial charge in [0.25, 0.3) is 0 Å². The van der Waals surface area contributed by atoms with E-state index in [1.54, 1.807) is 0 Å². The molecule has 1 unspecified atom stereocenters. The summed E-state index contributed by atoms with van der Waals surface area (Å²) in [7, 11) is 0. The number of aryl methyl sites for hydroxylation is 1. The Morgan fingerprint density at radius 1 is 1.29 bits per heavy atom. The van der Waals surface area contributed by atoms with Crippen molar-refractivity contribution >= 4 is 0 Å². The maximum atomic E-state index is 4.17. The van der Waals surface area contributed by atoms with Crippen molar-refractivity contribution in [2.75, 3.05) is 0 Å². The highest BCUT2D eigenvalue weighted by Crippen LogP contribution is 2.35. The smallest absolute Gasteiger partial charge is 0.0796 e. The Morgan fingerprint density at radius 2 is 1.86 bits per heavy atom. The maximum Gasteiger partial charge on any atom is 0.0796 e. The van der Waals surface area contributed by atoms with Crippen molar-refractivity contribution in [3.63, 3.8) is 0 Å². The Labute approximate surface area is 86.5 Å². The van der Waals surface area contributed by atoms with Crippen LogP contribution in [0.4, 0.5) is 0 Å². The number of nitrogens with zero attached hydrogens (tertiary/aromatic N) is 3. The van der Waals surface area contributed by atoms with Gasteiger partial charge in [-0.1, -0.05) is 39.8 Å². The molecule has 0 amide bonds. The molecule has 3 nitrogen and oxygen atoms in total. The number of rotatable bonds is 2. The van der Waals surface area contributed by atoms with Crippen LogP contribution in [0.1, 0.15) is 46.4 Å². The zero-order chi connectivity index (χ0) is 10.9. The van der Waals surface area contributed by atoms with Gasteiger partial charge in [-0.05, 0) is 18.3 Å². The predicted octanol–water partition coefficient (Wildman–Crippen LogP) is 2.83. The van der Waals surface area contributed by atoms with E-state index in [9.17, 15) is 0 Å². The molecule has 1 heterocycles. The van der Waals surface area contributed by atoms with E-state index in [1.165, 1.54) is 0 Å². The third-order valence-electron chi connectivity index (χ3n) is 2.43. The average molecular weight is 195 g/mol. The van der Waals surface area contributed by atoms with Crippen molar-refractivity contribution in [2.45, 2.75) is 47.6 Å². The zero-order valence-corrected chi connectivity index (χ0v) is 10.1. The van der Waals surface area contributed by atoms with E-state index >= 15 is 0 Å². The molecule has 1 aromatic heterocycles. The van der Waals surface area contributed by atoms with Gasteiger partial charge in [0.15, 0.2) is 0 Å². The lowest BCUT2D eigenvalue weighted by molar-refractivity contribution is 0.166. The summed E-state index contributed by atoms with van der Waals surface area (Å²) in [6.45, 7) is 13.2. The summed E-state index contributed by atoms with van der Waals surface area (Å²) in [4.78, 5) is 0. The van der Waals surface area contributed by atoms with E-state index in [4.69, 9.17) is 0 Å². The second kappa shape index (κ2) is 3.71. The molecule has 0 radical (unpaired) electrons. The minimum Gasteiger partial charge on any atom is -0.248 e. The van der Waals surface area contributed by atoms with Gasteiger partial charge in [0, 0.05) is 6.20 Å². The van der Waals surface area contributed by atoms with E-state index in [0.29, 0.717) is 12.0 Å². The van der Waals surface area contributed by atoms with Gasteiger partial charge in [-0.2, -0.15) is 0 Å². The Hall–Kier alpha value is -0.860. The first-order valence-corrected chi connectivity index (χ1v) is 5.21. The van der Waals surface area contributed by atoms with Crippen LogP contribution in [0, 0.1) is 18.3 Å². The monoisotopic (exact) mass is 195 g/mol. The number of aromatic nitrogens is 3. The molecule has 0 bridgehead atoms. The third kappa shape index (κ3) is 2.34. The van der Waals surface area contributed by atoms with Gasteiger partial charge in [0.05, 0.1) is 11.7 Å². The highest BCUT2D eigenvalue weighted by atomic mass is 15.4. The van der Waals surface area contributed by atoms with E-state index < -0.39 is 0 Å².